The van der Waals surface area contributed by atoms with Gasteiger partial charge in [-0.25, -0.2) is 0 Å². The molecule has 0 fully saturated rings. The molecular weight excluding hydrogens is 188 g/mol. The van der Waals surface area contributed by atoms with Gasteiger partial charge in [-0.2, -0.15) is 0 Å². The fourth-order valence-electron chi connectivity index (χ4n) is 1.29. The predicted octanol–water partition coefficient (Wildman–Crippen LogP) is 3.48. The Balaban J connectivity index is 2.64. The van der Waals surface area contributed by atoms with E-state index < -0.39 is 0 Å². The van der Waals surface area contributed by atoms with Crippen LogP contribution in [-0.2, 0) is 4.74 Å². The molecule has 0 atom stereocenters. The zero-order valence-corrected chi connectivity index (χ0v) is 9.45. The van der Waals surface area contributed by atoms with E-state index in [1.54, 1.807) is 7.11 Å². The summed E-state index contributed by atoms with van der Waals surface area (Å²) in [6.45, 7) is 6.75. The van der Waals surface area contributed by atoms with Gasteiger partial charge in [-0.15, -0.1) is 0 Å². The highest BCUT2D eigenvalue weighted by atomic mass is 16.5. The third-order valence-electron chi connectivity index (χ3n) is 2.18. The van der Waals surface area contributed by atoms with E-state index in [2.05, 4.69) is 13.5 Å². The van der Waals surface area contributed by atoms with Crippen LogP contribution in [-0.4, -0.2) is 13.7 Å². The fraction of sp³-hybridized carbons (Fsp3) is 0.385. The number of rotatable bonds is 6. The molecule has 0 saturated heterocycles. The van der Waals surface area contributed by atoms with Crippen LogP contribution in [0, 0.1) is 0 Å². The topological polar surface area (TPSA) is 18.5 Å². The molecule has 0 aliphatic rings. The summed E-state index contributed by atoms with van der Waals surface area (Å²) >= 11 is 0. The predicted molar refractivity (Wildman–Crippen MR) is 62.9 cm³/mol. The van der Waals surface area contributed by atoms with Gasteiger partial charge in [0.2, 0.25) is 0 Å². The van der Waals surface area contributed by atoms with E-state index in [4.69, 9.17) is 9.47 Å². The smallest absolute Gasteiger partial charge is 0.129 e. The maximum atomic E-state index is 5.54. The molecule has 0 aliphatic heterocycles. The Kier molecular flexibility index (Phi) is 4.75. The summed E-state index contributed by atoms with van der Waals surface area (Å²) in [6, 6.07) is 7.74. The Morgan fingerprint density at radius 3 is 2.73 bits per heavy atom. The third-order valence-corrected chi connectivity index (χ3v) is 2.18. The van der Waals surface area contributed by atoms with Crippen LogP contribution >= 0.6 is 0 Å². The molecule has 2 heteroatoms. The number of para-hydroxylation sites is 1. The van der Waals surface area contributed by atoms with Crippen molar-refractivity contribution < 1.29 is 9.47 Å². The summed E-state index contributed by atoms with van der Waals surface area (Å²) in [5.74, 6) is 1.49. The van der Waals surface area contributed by atoms with Crippen LogP contribution in [0.1, 0.15) is 25.3 Å². The number of hydrogen-bond donors (Lipinski definition) is 0. The van der Waals surface area contributed by atoms with Crippen LogP contribution in [0.3, 0.4) is 0 Å². The Morgan fingerprint density at radius 2 is 2.07 bits per heavy atom. The SMILES string of the molecule is C=C(OCCCC)c1ccccc1OC. The molecule has 1 rings (SSSR count). The van der Waals surface area contributed by atoms with Crippen molar-refractivity contribution in [3.05, 3.63) is 36.4 Å². The lowest BCUT2D eigenvalue weighted by Gasteiger charge is -2.11. The number of benzene rings is 1. The molecule has 2 nitrogen and oxygen atoms in total. The summed E-state index contributed by atoms with van der Waals surface area (Å²) in [6.07, 6.45) is 2.17. The molecule has 0 aromatic heterocycles. The second-order valence-electron chi connectivity index (χ2n) is 3.33. The van der Waals surface area contributed by atoms with Crippen molar-refractivity contribution in [2.75, 3.05) is 13.7 Å². The van der Waals surface area contributed by atoms with E-state index in [9.17, 15) is 0 Å². The van der Waals surface area contributed by atoms with Gasteiger partial charge in [-0.3, -0.25) is 0 Å². The van der Waals surface area contributed by atoms with Crippen LogP contribution in [0.4, 0.5) is 0 Å². The van der Waals surface area contributed by atoms with Gasteiger partial charge in [0, 0.05) is 0 Å². The van der Waals surface area contributed by atoms with Crippen LogP contribution in [0.2, 0.25) is 0 Å². The molecule has 0 bridgehead atoms. The van der Waals surface area contributed by atoms with E-state index >= 15 is 0 Å². The van der Waals surface area contributed by atoms with Crippen molar-refractivity contribution in [2.45, 2.75) is 19.8 Å². The van der Waals surface area contributed by atoms with Crippen molar-refractivity contribution in [1.82, 2.24) is 0 Å². The minimum absolute atomic E-state index is 0.681. The highest BCUT2D eigenvalue weighted by Gasteiger charge is 2.05. The molecule has 1 aromatic rings. The summed E-state index contributed by atoms with van der Waals surface area (Å²) in [4.78, 5) is 0. The molecule has 0 unspecified atom stereocenters. The zero-order valence-electron chi connectivity index (χ0n) is 9.45. The first-order valence-electron chi connectivity index (χ1n) is 5.24. The van der Waals surface area contributed by atoms with Gasteiger partial charge in [0.05, 0.1) is 19.3 Å². The fourth-order valence-corrected chi connectivity index (χ4v) is 1.29. The van der Waals surface area contributed by atoms with Crippen molar-refractivity contribution in [3.8, 4) is 5.75 Å². The van der Waals surface area contributed by atoms with Crippen molar-refractivity contribution >= 4 is 5.76 Å². The number of methoxy groups -OCH3 is 1. The molecule has 1 aromatic carbocycles. The molecule has 15 heavy (non-hydrogen) atoms. The van der Waals surface area contributed by atoms with Crippen LogP contribution in [0.25, 0.3) is 5.76 Å². The molecule has 0 heterocycles. The number of hydrogen-bond acceptors (Lipinski definition) is 2. The summed E-state index contributed by atoms with van der Waals surface area (Å²) in [5.41, 5.74) is 0.927. The minimum Gasteiger partial charge on any atom is -0.496 e. The van der Waals surface area contributed by atoms with E-state index in [1.807, 2.05) is 24.3 Å². The average molecular weight is 206 g/mol. The quantitative estimate of drug-likeness (QED) is 0.524. The Labute approximate surface area is 91.5 Å². The molecule has 0 aliphatic carbocycles. The first-order chi connectivity index (χ1) is 7.29. The lowest BCUT2D eigenvalue weighted by molar-refractivity contribution is 0.269. The highest BCUT2D eigenvalue weighted by molar-refractivity contribution is 5.63. The van der Waals surface area contributed by atoms with Gasteiger partial charge in [-0.1, -0.05) is 32.1 Å². The van der Waals surface area contributed by atoms with Gasteiger partial charge in [0.25, 0.3) is 0 Å². The Bertz CT molecular complexity index is 318. The summed E-state index contributed by atoms with van der Waals surface area (Å²) < 4.78 is 10.8. The van der Waals surface area contributed by atoms with Gasteiger partial charge in [-0.05, 0) is 18.6 Å². The maximum absolute atomic E-state index is 5.54. The van der Waals surface area contributed by atoms with E-state index in [-0.39, 0.29) is 0 Å². The lowest BCUT2D eigenvalue weighted by Crippen LogP contribution is -1.96. The first-order valence-corrected chi connectivity index (χ1v) is 5.24. The van der Waals surface area contributed by atoms with Crippen molar-refractivity contribution in [2.24, 2.45) is 0 Å². The van der Waals surface area contributed by atoms with Gasteiger partial charge < -0.3 is 9.47 Å². The summed E-state index contributed by atoms with van der Waals surface area (Å²) in [5, 5.41) is 0. The molecule has 82 valence electrons. The Hall–Kier alpha value is -1.44. The summed E-state index contributed by atoms with van der Waals surface area (Å²) in [7, 11) is 1.65. The lowest BCUT2D eigenvalue weighted by atomic mass is 10.2. The normalized spacial score (nSPS) is 9.73. The highest BCUT2D eigenvalue weighted by Crippen LogP contribution is 2.25. The second-order valence-corrected chi connectivity index (χ2v) is 3.33. The zero-order chi connectivity index (χ0) is 11.1. The van der Waals surface area contributed by atoms with Gasteiger partial charge in [0.1, 0.15) is 11.5 Å². The van der Waals surface area contributed by atoms with Crippen LogP contribution in [0.15, 0.2) is 30.8 Å². The van der Waals surface area contributed by atoms with Crippen LogP contribution in [0.5, 0.6) is 5.75 Å². The maximum Gasteiger partial charge on any atom is 0.129 e. The van der Waals surface area contributed by atoms with Gasteiger partial charge in [0.15, 0.2) is 0 Å². The largest absolute Gasteiger partial charge is 0.496 e. The number of ether oxygens (including phenoxy) is 2. The Morgan fingerprint density at radius 1 is 1.33 bits per heavy atom. The monoisotopic (exact) mass is 206 g/mol. The molecule has 0 N–H and O–H groups in total. The third kappa shape index (κ3) is 3.31. The van der Waals surface area contributed by atoms with E-state index in [0.717, 1.165) is 24.2 Å². The minimum atomic E-state index is 0.681. The van der Waals surface area contributed by atoms with Crippen molar-refractivity contribution in [3.63, 3.8) is 0 Å². The molecule has 0 spiro atoms. The molecule has 0 radical (unpaired) electrons. The van der Waals surface area contributed by atoms with E-state index in [1.165, 1.54) is 0 Å². The van der Waals surface area contributed by atoms with Gasteiger partial charge >= 0.3 is 0 Å². The van der Waals surface area contributed by atoms with Crippen molar-refractivity contribution in [1.29, 1.82) is 0 Å². The average Bonchev–Trinajstić information content (AvgIpc) is 2.29. The second kappa shape index (κ2) is 6.12. The molecular formula is C13H18O2. The standard InChI is InChI=1S/C13H18O2/c1-4-5-10-15-11(2)12-8-6-7-9-13(12)14-3/h6-9H,2,4-5,10H2,1,3H3. The number of unbranched alkanes of at least 4 members (excludes halogenated alkanes) is 1. The first kappa shape index (κ1) is 11.6. The van der Waals surface area contributed by atoms with E-state index in [0.29, 0.717) is 12.4 Å². The molecule has 0 amide bonds. The van der Waals surface area contributed by atoms with Crippen LogP contribution < -0.4 is 4.74 Å². The molecule has 0 saturated carbocycles.